The van der Waals surface area contributed by atoms with E-state index in [1.807, 2.05) is 13.8 Å². The summed E-state index contributed by atoms with van der Waals surface area (Å²) in [6, 6.07) is 0.298. The molecule has 1 saturated heterocycles. The number of H-pyrrole nitrogens is 1. The van der Waals surface area contributed by atoms with Crippen LogP contribution in [0.25, 0.3) is 0 Å². The van der Waals surface area contributed by atoms with Gasteiger partial charge in [0.05, 0.1) is 12.2 Å². The maximum Gasteiger partial charge on any atom is 0.355 e. The number of nitrogens with one attached hydrogen (secondary N) is 1. The average molecular weight is 364 g/mol. The first-order valence-corrected chi connectivity index (χ1v) is 9.12. The minimum absolute atomic E-state index is 0.149. The molecule has 0 saturated carbocycles. The molecule has 144 valence electrons. The van der Waals surface area contributed by atoms with Gasteiger partial charge in [-0.1, -0.05) is 0 Å². The van der Waals surface area contributed by atoms with E-state index in [9.17, 15) is 14.4 Å². The molecule has 2 rings (SSSR count). The number of piperidine rings is 1. The third kappa shape index (κ3) is 4.08. The van der Waals surface area contributed by atoms with Gasteiger partial charge in [-0.2, -0.15) is 0 Å². The lowest BCUT2D eigenvalue weighted by Gasteiger charge is -2.38. The second kappa shape index (κ2) is 8.38. The summed E-state index contributed by atoms with van der Waals surface area (Å²) in [5.41, 5.74) is 1.50. The van der Waals surface area contributed by atoms with E-state index in [2.05, 4.69) is 4.98 Å². The molecule has 7 heteroatoms. The van der Waals surface area contributed by atoms with E-state index in [-0.39, 0.29) is 42.5 Å². The van der Waals surface area contributed by atoms with E-state index in [4.69, 9.17) is 9.47 Å². The summed E-state index contributed by atoms with van der Waals surface area (Å²) in [5.74, 6) is -1.31. The van der Waals surface area contributed by atoms with Crippen LogP contribution in [-0.4, -0.2) is 53.0 Å². The molecule has 0 bridgehead atoms. The van der Waals surface area contributed by atoms with Gasteiger partial charge in [0, 0.05) is 17.8 Å². The molecule has 1 aromatic rings. The standard InChI is InChI=1S/C19H28N2O5/c1-6-25-19(24)17-13(4)16(14(5)20-17)18(23)26-10-15(22)21-11(2)8-7-9-12(21)3/h11-12,20H,6-10H2,1-5H3/t11-,12-/m0/s1. The number of aromatic nitrogens is 1. The Kier molecular flexibility index (Phi) is 6.45. The third-order valence-corrected chi connectivity index (χ3v) is 4.93. The first-order valence-electron chi connectivity index (χ1n) is 9.12. The largest absolute Gasteiger partial charge is 0.461 e. The maximum absolute atomic E-state index is 12.5. The van der Waals surface area contributed by atoms with Gasteiger partial charge in [0.2, 0.25) is 0 Å². The summed E-state index contributed by atoms with van der Waals surface area (Å²) in [7, 11) is 0. The van der Waals surface area contributed by atoms with Crippen LogP contribution < -0.4 is 0 Å². The Morgan fingerprint density at radius 3 is 2.27 bits per heavy atom. The van der Waals surface area contributed by atoms with Crippen molar-refractivity contribution in [3.63, 3.8) is 0 Å². The molecule has 1 amide bonds. The van der Waals surface area contributed by atoms with Crippen LogP contribution in [0.3, 0.4) is 0 Å². The number of hydrogen-bond donors (Lipinski definition) is 1. The lowest BCUT2D eigenvalue weighted by molar-refractivity contribution is -0.140. The molecule has 1 fully saturated rings. The molecule has 0 aliphatic carbocycles. The number of aromatic amines is 1. The Hall–Kier alpha value is -2.31. The molecule has 1 aliphatic rings. The maximum atomic E-state index is 12.5. The molecule has 0 aromatic carbocycles. The predicted molar refractivity (Wildman–Crippen MR) is 96.1 cm³/mol. The van der Waals surface area contributed by atoms with Crippen LogP contribution in [0.2, 0.25) is 0 Å². The normalized spacial score (nSPS) is 20.0. The highest BCUT2D eigenvalue weighted by molar-refractivity contribution is 5.99. The van der Waals surface area contributed by atoms with Crippen LogP contribution in [0, 0.1) is 13.8 Å². The molecule has 2 heterocycles. The van der Waals surface area contributed by atoms with Crippen molar-refractivity contribution in [2.45, 2.75) is 66.0 Å². The van der Waals surface area contributed by atoms with Crippen molar-refractivity contribution < 1.29 is 23.9 Å². The number of amides is 1. The molecule has 0 spiro atoms. The number of carbonyl (C=O) groups excluding carboxylic acids is 3. The number of likely N-dealkylation sites (tertiary alicyclic amines) is 1. The van der Waals surface area contributed by atoms with Crippen LogP contribution in [0.15, 0.2) is 0 Å². The minimum Gasteiger partial charge on any atom is -0.461 e. The minimum atomic E-state index is -0.613. The summed E-state index contributed by atoms with van der Waals surface area (Å²) in [4.78, 5) is 41.6. The molecule has 0 unspecified atom stereocenters. The molecule has 26 heavy (non-hydrogen) atoms. The van der Waals surface area contributed by atoms with Gasteiger partial charge in [-0.05, 0) is 59.4 Å². The van der Waals surface area contributed by atoms with Crippen molar-refractivity contribution in [2.75, 3.05) is 13.2 Å². The molecular weight excluding hydrogens is 336 g/mol. The van der Waals surface area contributed by atoms with Crippen molar-refractivity contribution in [2.24, 2.45) is 0 Å². The number of rotatable bonds is 5. The number of hydrogen-bond acceptors (Lipinski definition) is 5. The van der Waals surface area contributed by atoms with Gasteiger partial charge in [-0.3, -0.25) is 4.79 Å². The molecule has 1 aliphatic heterocycles. The number of esters is 2. The first kappa shape index (κ1) is 20.0. The highest BCUT2D eigenvalue weighted by Crippen LogP contribution is 2.23. The highest BCUT2D eigenvalue weighted by Gasteiger charge is 2.30. The summed E-state index contributed by atoms with van der Waals surface area (Å²) in [5, 5.41) is 0. The Labute approximate surface area is 154 Å². The molecule has 1 N–H and O–H groups in total. The van der Waals surface area contributed by atoms with Gasteiger partial charge in [-0.15, -0.1) is 0 Å². The summed E-state index contributed by atoms with van der Waals surface area (Å²) in [6.45, 7) is 9.03. The SMILES string of the molecule is CCOC(=O)c1[nH]c(C)c(C(=O)OCC(=O)N2[C@@H](C)CCC[C@@H]2C)c1C. The Morgan fingerprint density at radius 2 is 1.69 bits per heavy atom. The Morgan fingerprint density at radius 1 is 1.08 bits per heavy atom. The average Bonchev–Trinajstić information content (AvgIpc) is 2.87. The van der Waals surface area contributed by atoms with Crippen molar-refractivity contribution in [3.05, 3.63) is 22.5 Å². The van der Waals surface area contributed by atoms with E-state index in [1.165, 1.54) is 0 Å². The topological polar surface area (TPSA) is 88.7 Å². The third-order valence-electron chi connectivity index (χ3n) is 4.93. The van der Waals surface area contributed by atoms with Crippen molar-refractivity contribution in [1.82, 2.24) is 9.88 Å². The van der Waals surface area contributed by atoms with Gasteiger partial charge in [0.25, 0.3) is 5.91 Å². The van der Waals surface area contributed by atoms with Crippen LogP contribution in [0.1, 0.15) is 72.1 Å². The summed E-state index contributed by atoms with van der Waals surface area (Å²) in [6.07, 6.45) is 3.02. The molecule has 2 atom stereocenters. The second-order valence-electron chi connectivity index (χ2n) is 6.85. The molecule has 7 nitrogen and oxygen atoms in total. The van der Waals surface area contributed by atoms with Crippen molar-refractivity contribution in [3.8, 4) is 0 Å². The van der Waals surface area contributed by atoms with Crippen LogP contribution in [0.4, 0.5) is 0 Å². The molecular formula is C19H28N2O5. The zero-order valence-corrected chi connectivity index (χ0v) is 16.2. The van der Waals surface area contributed by atoms with Gasteiger partial charge in [-0.25, -0.2) is 9.59 Å². The van der Waals surface area contributed by atoms with Crippen LogP contribution >= 0.6 is 0 Å². The number of nitrogens with zero attached hydrogens (tertiary/aromatic N) is 1. The number of ether oxygens (including phenoxy) is 2. The lowest BCUT2D eigenvalue weighted by Crippen LogP contribution is -2.49. The van der Waals surface area contributed by atoms with Gasteiger partial charge in [0.1, 0.15) is 5.69 Å². The molecule has 1 aromatic heterocycles. The predicted octanol–water partition coefficient (Wildman–Crippen LogP) is 2.75. The fourth-order valence-corrected chi connectivity index (χ4v) is 3.65. The number of carbonyl (C=O) groups is 3. The van der Waals surface area contributed by atoms with Crippen molar-refractivity contribution in [1.29, 1.82) is 0 Å². The van der Waals surface area contributed by atoms with E-state index in [0.717, 1.165) is 19.3 Å². The van der Waals surface area contributed by atoms with E-state index < -0.39 is 11.9 Å². The quantitative estimate of drug-likeness (QED) is 0.812. The summed E-state index contributed by atoms with van der Waals surface area (Å²) < 4.78 is 10.2. The second-order valence-corrected chi connectivity index (χ2v) is 6.85. The van der Waals surface area contributed by atoms with Crippen LogP contribution in [0.5, 0.6) is 0 Å². The first-order chi connectivity index (χ1) is 12.3. The Balaban J connectivity index is 2.06. The monoisotopic (exact) mass is 364 g/mol. The zero-order valence-electron chi connectivity index (χ0n) is 16.2. The van der Waals surface area contributed by atoms with Crippen molar-refractivity contribution >= 4 is 17.8 Å². The fourth-order valence-electron chi connectivity index (χ4n) is 3.65. The lowest BCUT2D eigenvalue weighted by atomic mass is 9.97. The van der Waals surface area contributed by atoms with Gasteiger partial charge >= 0.3 is 11.9 Å². The fraction of sp³-hybridized carbons (Fsp3) is 0.632. The Bertz CT molecular complexity index is 684. The van der Waals surface area contributed by atoms with E-state index >= 15 is 0 Å². The van der Waals surface area contributed by atoms with Gasteiger partial charge < -0.3 is 19.4 Å². The smallest absolute Gasteiger partial charge is 0.355 e. The summed E-state index contributed by atoms with van der Waals surface area (Å²) >= 11 is 0. The van der Waals surface area contributed by atoms with Gasteiger partial charge in [0.15, 0.2) is 6.61 Å². The van der Waals surface area contributed by atoms with Crippen LogP contribution in [-0.2, 0) is 14.3 Å². The number of aryl methyl sites for hydroxylation is 1. The molecule has 0 radical (unpaired) electrons. The highest BCUT2D eigenvalue weighted by atomic mass is 16.5. The van der Waals surface area contributed by atoms with E-state index in [1.54, 1.807) is 25.7 Å². The van der Waals surface area contributed by atoms with E-state index in [0.29, 0.717) is 11.3 Å². The zero-order chi connectivity index (χ0) is 19.4.